The average molecular weight is 228 g/mol. The molecular formula is C13H12N2S. The number of benzene rings is 1. The van der Waals surface area contributed by atoms with Crippen LogP contribution in [0.15, 0.2) is 18.2 Å². The van der Waals surface area contributed by atoms with Gasteiger partial charge in [-0.2, -0.15) is 5.26 Å². The summed E-state index contributed by atoms with van der Waals surface area (Å²) in [4.78, 5) is 5.34. The summed E-state index contributed by atoms with van der Waals surface area (Å²) in [7, 11) is 0. The van der Waals surface area contributed by atoms with Gasteiger partial charge in [0.25, 0.3) is 0 Å². The lowest BCUT2D eigenvalue weighted by atomic mass is 10.1. The topological polar surface area (TPSA) is 36.7 Å². The van der Waals surface area contributed by atoms with Gasteiger partial charge in [-0.05, 0) is 32.4 Å². The molecule has 80 valence electrons. The summed E-state index contributed by atoms with van der Waals surface area (Å²) in [6.45, 7) is 6.07. The summed E-state index contributed by atoms with van der Waals surface area (Å²) in [6, 6.07) is 8.42. The Morgan fingerprint density at radius 1 is 1.25 bits per heavy atom. The first-order chi connectivity index (χ1) is 7.61. The molecule has 3 heteroatoms. The Morgan fingerprint density at radius 3 is 2.62 bits per heavy atom. The summed E-state index contributed by atoms with van der Waals surface area (Å²) in [5.41, 5.74) is 4.09. The number of hydrogen-bond acceptors (Lipinski definition) is 3. The molecule has 1 aromatic carbocycles. The molecule has 0 N–H and O–H groups in total. The Hall–Kier alpha value is -1.66. The number of hydrogen-bond donors (Lipinski definition) is 0. The first-order valence-corrected chi connectivity index (χ1v) is 5.88. The third-order valence-electron chi connectivity index (χ3n) is 2.53. The quantitative estimate of drug-likeness (QED) is 0.747. The zero-order chi connectivity index (χ0) is 11.7. The number of aryl methyl sites for hydroxylation is 3. The molecule has 0 fully saturated rings. The maximum Gasteiger partial charge on any atom is 0.155 e. The van der Waals surface area contributed by atoms with Crippen LogP contribution in [0.25, 0.3) is 10.6 Å². The Labute approximate surface area is 99.2 Å². The van der Waals surface area contributed by atoms with E-state index in [9.17, 15) is 0 Å². The first kappa shape index (κ1) is 10.8. The van der Waals surface area contributed by atoms with E-state index in [0.717, 1.165) is 15.4 Å². The van der Waals surface area contributed by atoms with E-state index in [0.29, 0.717) is 5.69 Å². The highest BCUT2D eigenvalue weighted by molar-refractivity contribution is 7.15. The molecule has 1 heterocycles. The largest absolute Gasteiger partial charge is 0.225 e. The Balaban J connectivity index is 2.59. The fraction of sp³-hybridized carbons (Fsp3) is 0.231. The molecule has 0 atom stereocenters. The lowest BCUT2D eigenvalue weighted by molar-refractivity contribution is 1.29. The Bertz CT molecular complexity index is 576. The SMILES string of the molecule is Cc1ccc(C)c(-c2nc(C#N)c(C)s2)c1. The van der Waals surface area contributed by atoms with Gasteiger partial charge in [-0.3, -0.25) is 0 Å². The van der Waals surface area contributed by atoms with Gasteiger partial charge in [0.1, 0.15) is 11.1 Å². The molecule has 0 aliphatic carbocycles. The Morgan fingerprint density at radius 2 is 2.00 bits per heavy atom. The fourth-order valence-corrected chi connectivity index (χ4v) is 2.53. The van der Waals surface area contributed by atoms with Gasteiger partial charge in [0.2, 0.25) is 0 Å². The van der Waals surface area contributed by atoms with Crippen LogP contribution in [0.3, 0.4) is 0 Å². The van der Waals surface area contributed by atoms with E-state index in [4.69, 9.17) is 5.26 Å². The molecule has 0 unspecified atom stereocenters. The van der Waals surface area contributed by atoms with E-state index < -0.39 is 0 Å². The van der Waals surface area contributed by atoms with E-state index in [2.05, 4.69) is 43.1 Å². The van der Waals surface area contributed by atoms with Crippen LogP contribution in [0.5, 0.6) is 0 Å². The van der Waals surface area contributed by atoms with Crippen molar-refractivity contribution in [1.82, 2.24) is 4.98 Å². The van der Waals surface area contributed by atoms with Crippen LogP contribution in [-0.2, 0) is 0 Å². The molecule has 0 amide bonds. The van der Waals surface area contributed by atoms with Crippen molar-refractivity contribution in [2.45, 2.75) is 20.8 Å². The van der Waals surface area contributed by atoms with Gasteiger partial charge in [-0.25, -0.2) is 4.98 Å². The molecule has 0 aliphatic heterocycles. The molecular weight excluding hydrogens is 216 g/mol. The van der Waals surface area contributed by atoms with Crippen LogP contribution in [0, 0.1) is 32.1 Å². The zero-order valence-corrected chi connectivity index (χ0v) is 10.4. The van der Waals surface area contributed by atoms with Crippen molar-refractivity contribution < 1.29 is 0 Å². The van der Waals surface area contributed by atoms with E-state index >= 15 is 0 Å². The van der Waals surface area contributed by atoms with Gasteiger partial charge in [-0.15, -0.1) is 11.3 Å². The van der Waals surface area contributed by atoms with Gasteiger partial charge >= 0.3 is 0 Å². The summed E-state index contributed by atoms with van der Waals surface area (Å²) < 4.78 is 0. The smallest absolute Gasteiger partial charge is 0.155 e. The minimum absolute atomic E-state index is 0.543. The van der Waals surface area contributed by atoms with Crippen molar-refractivity contribution in [3.05, 3.63) is 39.9 Å². The normalized spacial score (nSPS) is 10.1. The maximum absolute atomic E-state index is 8.90. The average Bonchev–Trinajstić information content (AvgIpc) is 2.63. The third kappa shape index (κ3) is 1.84. The molecule has 0 saturated carbocycles. The molecule has 2 rings (SSSR count). The van der Waals surface area contributed by atoms with Crippen molar-refractivity contribution in [2.75, 3.05) is 0 Å². The van der Waals surface area contributed by atoms with Crippen molar-refractivity contribution in [2.24, 2.45) is 0 Å². The minimum Gasteiger partial charge on any atom is -0.225 e. The fourth-order valence-electron chi connectivity index (χ4n) is 1.58. The molecule has 2 nitrogen and oxygen atoms in total. The van der Waals surface area contributed by atoms with E-state index in [1.807, 2.05) is 6.92 Å². The molecule has 2 aromatic rings. The predicted molar refractivity (Wildman–Crippen MR) is 66.5 cm³/mol. The molecule has 16 heavy (non-hydrogen) atoms. The van der Waals surface area contributed by atoms with Gasteiger partial charge < -0.3 is 0 Å². The van der Waals surface area contributed by atoms with Gasteiger partial charge in [-0.1, -0.05) is 17.7 Å². The highest BCUT2D eigenvalue weighted by atomic mass is 32.1. The maximum atomic E-state index is 8.90. The number of nitriles is 1. The second-order valence-corrected chi connectivity index (χ2v) is 5.06. The second-order valence-electron chi connectivity index (χ2n) is 3.85. The van der Waals surface area contributed by atoms with Crippen molar-refractivity contribution in [1.29, 1.82) is 5.26 Å². The summed E-state index contributed by atoms with van der Waals surface area (Å²) in [6.07, 6.45) is 0. The van der Waals surface area contributed by atoms with E-state index in [1.165, 1.54) is 11.1 Å². The molecule has 0 bridgehead atoms. The van der Waals surface area contributed by atoms with Crippen LogP contribution < -0.4 is 0 Å². The van der Waals surface area contributed by atoms with Gasteiger partial charge in [0.05, 0.1) is 0 Å². The Kier molecular flexibility index (Phi) is 2.76. The number of aromatic nitrogens is 1. The molecule has 0 spiro atoms. The third-order valence-corrected chi connectivity index (χ3v) is 3.53. The molecule has 1 aromatic heterocycles. The second kappa shape index (κ2) is 4.07. The number of nitrogens with zero attached hydrogens (tertiary/aromatic N) is 2. The predicted octanol–water partition coefficient (Wildman–Crippen LogP) is 3.61. The van der Waals surface area contributed by atoms with Gasteiger partial charge in [0, 0.05) is 10.4 Å². The van der Waals surface area contributed by atoms with E-state index in [1.54, 1.807) is 11.3 Å². The van der Waals surface area contributed by atoms with Crippen LogP contribution in [-0.4, -0.2) is 4.98 Å². The highest BCUT2D eigenvalue weighted by Gasteiger charge is 2.10. The van der Waals surface area contributed by atoms with Crippen LogP contribution in [0.1, 0.15) is 21.7 Å². The summed E-state index contributed by atoms with van der Waals surface area (Å²) in [5.74, 6) is 0. The lowest BCUT2D eigenvalue weighted by Gasteiger charge is -2.02. The highest BCUT2D eigenvalue weighted by Crippen LogP contribution is 2.30. The monoisotopic (exact) mass is 228 g/mol. The van der Waals surface area contributed by atoms with Crippen molar-refractivity contribution in [3.8, 4) is 16.6 Å². The molecule has 0 saturated heterocycles. The summed E-state index contributed by atoms with van der Waals surface area (Å²) >= 11 is 1.58. The number of rotatable bonds is 1. The molecule has 0 aliphatic rings. The molecule has 0 radical (unpaired) electrons. The number of thiazole rings is 1. The van der Waals surface area contributed by atoms with Crippen molar-refractivity contribution >= 4 is 11.3 Å². The van der Waals surface area contributed by atoms with Crippen LogP contribution >= 0.6 is 11.3 Å². The summed E-state index contributed by atoms with van der Waals surface area (Å²) in [5, 5.41) is 9.84. The van der Waals surface area contributed by atoms with Crippen molar-refractivity contribution in [3.63, 3.8) is 0 Å². The standard InChI is InChI=1S/C13H12N2S/c1-8-4-5-9(2)11(6-8)13-15-12(7-14)10(3)16-13/h4-6H,1-3H3. The first-order valence-electron chi connectivity index (χ1n) is 5.07. The van der Waals surface area contributed by atoms with Gasteiger partial charge in [0.15, 0.2) is 5.69 Å². The van der Waals surface area contributed by atoms with E-state index in [-0.39, 0.29) is 0 Å². The van der Waals surface area contributed by atoms with Crippen LogP contribution in [0.4, 0.5) is 0 Å². The lowest BCUT2D eigenvalue weighted by Crippen LogP contribution is -1.84. The van der Waals surface area contributed by atoms with Crippen LogP contribution in [0.2, 0.25) is 0 Å². The minimum atomic E-state index is 0.543. The zero-order valence-electron chi connectivity index (χ0n) is 9.53.